The first-order chi connectivity index (χ1) is 3.84. The molecule has 0 radical (unpaired) electrons. The predicted octanol–water partition coefficient (Wildman–Crippen LogP) is 1.71. The molecule has 1 aliphatic rings. The van der Waals surface area contributed by atoms with E-state index in [1.807, 2.05) is 23.5 Å². The SMILES string of the molecule is CSC1=[N+](C)CCS1.I. The van der Waals surface area contributed by atoms with Crippen molar-refractivity contribution in [3.8, 4) is 0 Å². The number of halogens is 1. The van der Waals surface area contributed by atoms with Crippen molar-refractivity contribution in [2.75, 3.05) is 25.6 Å². The molecule has 0 aliphatic carbocycles. The molecule has 0 N–H and O–H groups in total. The van der Waals surface area contributed by atoms with Gasteiger partial charge in [-0.2, -0.15) is 0 Å². The fraction of sp³-hybridized carbons (Fsp3) is 0.800. The number of rotatable bonds is 0. The summed E-state index contributed by atoms with van der Waals surface area (Å²) < 4.78 is 3.76. The van der Waals surface area contributed by atoms with Gasteiger partial charge >= 0.3 is 0 Å². The first-order valence-electron chi connectivity index (χ1n) is 2.59. The van der Waals surface area contributed by atoms with E-state index >= 15 is 0 Å². The molecule has 0 saturated heterocycles. The first-order valence-corrected chi connectivity index (χ1v) is 4.80. The Balaban J connectivity index is 0.000000640. The fourth-order valence-electron chi connectivity index (χ4n) is 0.686. The van der Waals surface area contributed by atoms with Gasteiger partial charge in [0, 0.05) is 0 Å². The van der Waals surface area contributed by atoms with Crippen molar-refractivity contribution in [3.05, 3.63) is 0 Å². The summed E-state index contributed by atoms with van der Waals surface area (Å²) in [5, 5.41) is 0. The van der Waals surface area contributed by atoms with Gasteiger partial charge in [0.15, 0.2) is 6.54 Å². The summed E-state index contributed by atoms with van der Waals surface area (Å²) in [5.41, 5.74) is 0. The second-order valence-corrected chi connectivity index (χ2v) is 3.88. The van der Waals surface area contributed by atoms with Crippen molar-refractivity contribution in [1.82, 2.24) is 0 Å². The van der Waals surface area contributed by atoms with Crippen molar-refractivity contribution in [3.63, 3.8) is 0 Å². The van der Waals surface area contributed by atoms with Crippen LogP contribution in [-0.4, -0.2) is 34.6 Å². The number of hydrogen-bond acceptors (Lipinski definition) is 2. The highest BCUT2D eigenvalue weighted by Crippen LogP contribution is 2.17. The van der Waals surface area contributed by atoms with Crippen molar-refractivity contribution in [1.29, 1.82) is 0 Å². The van der Waals surface area contributed by atoms with Crippen molar-refractivity contribution in [2.24, 2.45) is 0 Å². The highest BCUT2D eigenvalue weighted by molar-refractivity contribution is 14.0. The van der Waals surface area contributed by atoms with E-state index in [1.54, 1.807) is 0 Å². The molecule has 0 fully saturated rings. The molecule has 0 atom stereocenters. The van der Waals surface area contributed by atoms with Crippen LogP contribution < -0.4 is 0 Å². The molecule has 0 aromatic rings. The maximum absolute atomic E-state index is 2.30. The van der Waals surface area contributed by atoms with Crippen LogP contribution in [0, 0.1) is 0 Å². The topological polar surface area (TPSA) is 3.01 Å². The quantitative estimate of drug-likeness (QED) is 0.489. The zero-order chi connectivity index (χ0) is 5.98. The van der Waals surface area contributed by atoms with E-state index in [2.05, 4.69) is 17.9 Å². The van der Waals surface area contributed by atoms with E-state index in [1.165, 1.54) is 16.7 Å². The third-order valence-electron chi connectivity index (χ3n) is 1.14. The molecular weight excluding hydrogens is 265 g/mol. The third-order valence-corrected chi connectivity index (χ3v) is 3.60. The molecule has 0 aromatic carbocycles. The van der Waals surface area contributed by atoms with Crippen LogP contribution in [0.1, 0.15) is 0 Å². The average Bonchev–Trinajstić information content (AvgIpc) is 2.14. The van der Waals surface area contributed by atoms with Gasteiger partial charge < -0.3 is 0 Å². The molecule has 4 heteroatoms. The lowest BCUT2D eigenvalue weighted by atomic mass is 10.7. The standard InChI is InChI=1S/C5H10NS2.HI/c1-6-3-4-8-5(6)7-2;/h3-4H2,1-2H3;1H/q+1;. The van der Waals surface area contributed by atoms with E-state index in [-0.39, 0.29) is 24.0 Å². The van der Waals surface area contributed by atoms with Gasteiger partial charge in [0.05, 0.1) is 5.75 Å². The zero-order valence-electron chi connectivity index (χ0n) is 5.59. The molecule has 1 aliphatic heterocycles. The summed E-state index contributed by atoms with van der Waals surface area (Å²) in [4.78, 5) is 0. The monoisotopic (exact) mass is 276 g/mol. The molecule has 0 saturated carbocycles. The van der Waals surface area contributed by atoms with Crippen LogP contribution in [0.25, 0.3) is 0 Å². The first kappa shape index (κ1) is 10.1. The summed E-state index contributed by atoms with van der Waals surface area (Å²) in [5.74, 6) is 1.27. The lowest BCUT2D eigenvalue weighted by Crippen LogP contribution is -2.05. The van der Waals surface area contributed by atoms with Crippen LogP contribution in [0.5, 0.6) is 0 Å². The predicted molar refractivity (Wildman–Crippen MR) is 57.4 cm³/mol. The molecule has 1 rings (SSSR count). The summed E-state index contributed by atoms with van der Waals surface area (Å²) in [7, 11) is 2.14. The van der Waals surface area contributed by atoms with E-state index in [0.717, 1.165) is 0 Å². The van der Waals surface area contributed by atoms with Crippen molar-refractivity contribution in [2.45, 2.75) is 0 Å². The summed E-state index contributed by atoms with van der Waals surface area (Å²) in [6.07, 6.45) is 2.13. The highest BCUT2D eigenvalue weighted by atomic mass is 127. The molecule has 9 heavy (non-hydrogen) atoms. The number of nitrogens with zero attached hydrogens (tertiary/aromatic N) is 1. The van der Waals surface area contributed by atoms with Gasteiger partial charge in [0.2, 0.25) is 0 Å². The normalized spacial score (nSPS) is 18.0. The summed E-state index contributed by atoms with van der Waals surface area (Å²) in [6, 6.07) is 0. The Morgan fingerprint density at radius 2 is 2.33 bits per heavy atom. The van der Waals surface area contributed by atoms with E-state index in [4.69, 9.17) is 0 Å². The minimum absolute atomic E-state index is 0. The van der Waals surface area contributed by atoms with Crippen LogP contribution in [0.3, 0.4) is 0 Å². The maximum Gasteiger partial charge on any atom is 0.269 e. The Labute approximate surface area is 81.7 Å². The molecule has 1 heterocycles. The van der Waals surface area contributed by atoms with E-state index in [0.29, 0.717) is 0 Å². The molecule has 1 nitrogen and oxygen atoms in total. The molecule has 0 amide bonds. The Morgan fingerprint density at radius 3 is 2.56 bits per heavy atom. The van der Waals surface area contributed by atoms with Crippen LogP contribution >= 0.6 is 47.5 Å². The second kappa shape index (κ2) is 4.85. The van der Waals surface area contributed by atoms with Gasteiger partial charge in [0.25, 0.3) is 4.38 Å². The minimum atomic E-state index is 0. The Bertz CT molecular complexity index is 124. The lowest BCUT2D eigenvalue weighted by Gasteiger charge is -1.86. The fourth-order valence-corrected chi connectivity index (χ4v) is 2.66. The van der Waals surface area contributed by atoms with E-state index in [9.17, 15) is 0 Å². The number of hydrogen-bond donors (Lipinski definition) is 0. The average molecular weight is 276 g/mol. The minimum Gasteiger partial charge on any atom is -0.220 e. The Kier molecular flexibility index (Phi) is 5.44. The highest BCUT2D eigenvalue weighted by Gasteiger charge is 2.17. The molecular formula is C5H11INS2+. The van der Waals surface area contributed by atoms with Gasteiger partial charge in [0.1, 0.15) is 7.05 Å². The van der Waals surface area contributed by atoms with Crippen LogP contribution in [0.15, 0.2) is 0 Å². The van der Waals surface area contributed by atoms with Gasteiger partial charge in [-0.05, 0) is 18.0 Å². The van der Waals surface area contributed by atoms with E-state index < -0.39 is 0 Å². The summed E-state index contributed by atoms with van der Waals surface area (Å²) >= 11 is 3.80. The molecule has 0 unspecified atom stereocenters. The van der Waals surface area contributed by atoms with Gasteiger partial charge in [-0.3, -0.25) is 0 Å². The Hall–Kier alpha value is 1.10. The van der Waals surface area contributed by atoms with Gasteiger partial charge in [-0.15, -0.1) is 24.0 Å². The smallest absolute Gasteiger partial charge is 0.220 e. The largest absolute Gasteiger partial charge is 0.269 e. The molecule has 54 valence electrons. The second-order valence-electron chi connectivity index (χ2n) is 1.74. The lowest BCUT2D eigenvalue weighted by molar-refractivity contribution is -0.483. The summed E-state index contributed by atoms with van der Waals surface area (Å²) in [6.45, 7) is 1.22. The molecule has 0 aromatic heterocycles. The third kappa shape index (κ3) is 2.67. The zero-order valence-corrected chi connectivity index (χ0v) is 9.55. The van der Waals surface area contributed by atoms with Crippen molar-refractivity contribution < 1.29 is 4.58 Å². The Morgan fingerprint density at radius 1 is 1.67 bits per heavy atom. The number of thioether (sulfide) groups is 2. The molecule has 0 spiro atoms. The maximum atomic E-state index is 2.30. The molecule has 0 bridgehead atoms. The van der Waals surface area contributed by atoms with Crippen molar-refractivity contribution >= 4 is 51.9 Å². The van der Waals surface area contributed by atoms with Gasteiger partial charge in [-0.25, -0.2) is 4.58 Å². The van der Waals surface area contributed by atoms with Crippen LogP contribution in [0.2, 0.25) is 0 Å². The van der Waals surface area contributed by atoms with Gasteiger partial charge in [-0.1, -0.05) is 11.8 Å². The van der Waals surface area contributed by atoms with Crippen LogP contribution in [0.4, 0.5) is 0 Å². The van der Waals surface area contributed by atoms with Crippen LogP contribution in [-0.2, 0) is 0 Å².